The first-order valence-corrected chi connectivity index (χ1v) is 6.40. The molecule has 84 valence electrons. The van der Waals surface area contributed by atoms with Crippen LogP contribution >= 0.6 is 11.8 Å². The second-order valence-corrected chi connectivity index (χ2v) is 6.68. The normalized spacial score (nSPS) is 11.5. The number of hydrogen-bond acceptors (Lipinski definition) is 2. The largest absolute Gasteiger partial charge is 0.384 e. The molecule has 1 aromatic carbocycles. The maximum atomic E-state index is 3.42. The zero-order valence-electron chi connectivity index (χ0n) is 10.1. The molecule has 0 aliphatic rings. The van der Waals surface area contributed by atoms with Crippen LogP contribution in [0.5, 0.6) is 0 Å². The number of rotatable bonds is 4. The second-order valence-electron chi connectivity index (χ2n) is 4.75. The van der Waals surface area contributed by atoms with E-state index in [1.54, 1.807) is 0 Å². The van der Waals surface area contributed by atoms with Gasteiger partial charge in [0.15, 0.2) is 0 Å². The fourth-order valence-electron chi connectivity index (χ4n) is 1.22. The minimum Gasteiger partial charge on any atom is -0.384 e. The predicted molar refractivity (Wildman–Crippen MR) is 71.9 cm³/mol. The average molecular weight is 223 g/mol. The highest BCUT2D eigenvalue weighted by atomic mass is 32.2. The van der Waals surface area contributed by atoms with Gasteiger partial charge in [0.05, 0.1) is 0 Å². The Kier molecular flexibility index (Phi) is 4.52. The minimum absolute atomic E-state index is 0.370. The molecule has 2 heteroatoms. The summed E-state index contributed by atoms with van der Waals surface area (Å²) in [6.45, 7) is 9.90. The summed E-state index contributed by atoms with van der Waals surface area (Å²) in [6, 6.07) is 8.55. The van der Waals surface area contributed by atoms with E-state index >= 15 is 0 Å². The fraction of sp³-hybridized carbons (Fsp3) is 0.538. The number of anilines is 1. The monoisotopic (exact) mass is 223 g/mol. The van der Waals surface area contributed by atoms with Gasteiger partial charge in [-0.25, -0.2) is 0 Å². The van der Waals surface area contributed by atoms with Crippen LogP contribution in [0.2, 0.25) is 0 Å². The minimum atomic E-state index is 0.370. The Bertz CT molecular complexity index is 284. The molecule has 1 aromatic rings. The van der Waals surface area contributed by atoms with E-state index in [2.05, 4.69) is 57.3 Å². The Hall–Kier alpha value is -0.630. The molecular weight excluding hydrogens is 202 g/mol. The quantitative estimate of drug-likeness (QED) is 0.776. The topological polar surface area (TPSA) is 12.0 Å². The number of benzene rings is 1. The number of hydrogen-bond donors (Lipinski definition) is 1. The van der Waals surface area contributed by atoms with Gasteiger partial charge < -0.3 is 5.32 Å². The van der Waals surface area contributed by atoms with Gasteiger partial charge in [-0.1, -0.05) is 38.5 Å². The highest BCUT2D eigenvalue weighted by molar-refractivity contribution is 8.00. The van der Waals surface area contributed by atoms with Crippen molar-refractivity contribution in [3.63, 3.8) is 0 Å². The third kappa shape index (κ3) is 5.73. The van der Waals surface area contributed by atoms with Crippen molar-refractivity contribution in [3.05, 3.63) is 29.8 Å². The summed E-state index contributed by atoms with van der Waals surface area (Å²) >= 11 is 1.99. The molecule has 0 bridgehead atoms. The lowest BCUT2D eigenvalue weighted by Crippen LogP contribution is -2.12. The molecule has 0 saturated carbocycles. The van der Waals surface area contributed by atoms with Gasteiger partial charge in [-0.2, -0.15) is 11.8 Å². The van der Waals surface area contributed by atoms with Gasteiger partial charge in [0.2, 0.25) is 0 Å². The van der Waals surface area contributed by atoms with Crippen molar-refractivity contribution in [1.82, 2.24) is 0 Å². The molecule has 1 nitrogen and oxygen atoms in total. The molecule has 0 radical (unpaired) electrons. The third-order valence-corrected chi connectivity index (χ3v) is 3.29. The molecule has 0 amide bonds. The summed E-state index contributed by atoms with van der Waals surface area (Å²) in [5, 5.41) is 3.42. The van der Waals surface area contributed by atoms with Crippen molar-refractivity contribution in [3.8, 4) is 0 Å². The summed E-state index contributed by atoms with van der Waals surface area (Å²) in [5.74, 6) is 1.15. The van der Waals surface area contributed by atoms with E-state index in [-0.39, 0.29) is 0 Å². The Morgan fingerprint density at radius 1 is 1.13 bits per heavy atom. The van der Waals surface area contributed by atoms with E-state index in [0.29, 0.717) is 4.75 Å². The van der Waals surface area contributed by atoms with Crippen molar-refractivity contribution in [2.24, 2.45) is 0 Å². The first-order chi connectivity index (χ1) is 6.97. The molecule has 0 fully saturated rings. The molecule has 1 N–H and O–H groups in total. The summed E-state index contributed by atoms with van der Waals surface area (Å²) in [6.07, 6.45) is 0. The number of thioether (sulfide) groups is 1. The average Bonchev–Trinajstić information content (AvgIpc) is 2.14. The summed E-state index contributed by atoms with van der Waals surface area (Å²) in [5.41, 5.74) is 2.53. The van der Waals surface area contributed by atoms with Gasteiger partial charge in [0.1, 0.15) is 0 Å². The van der Waals surface area contributed by atoms with Gasteiger partial charge in [0.25, 0.3) is 0 Å². The van der Waals surface area contributed by atoms with E-state index in [1.165, 1.54) is 11.3 Å². The molecule has 0 spiro atoms. The van der Waals surface area contributed by atoms with Crippen molar-refractivity contribution < 1.29 is 0 Å². The van der Waals surface area contributed by atoms with Crippen LogP contribution in [0.25, 0.3) is 0 Å². The Balaban J connectivity index is 2.23. The predicted octanol–water partition coefficient (Wildman–Crippen LogP) is 3.94. The molecule has 0 aliphatic carbocycles. The molecule has 0 saturated heterocycles. The van der Waals surface area contributed by atoms with Gasteiger partial charge in [-0.05, 0) is 19.1 Å². The number of nitrogens with one attached hydrogen (secondary N) is 1. The highest BCUT2D eigenvalue weighted by Gasteiger charge is 2.08. The van der Waals surface area contributed by atoms with Gasteiger partial charge in [0, 0.05) is 22.7 Å². The lowest BCUT2D eigenvalue weighted by atomic mass is 10.2. The smallest absolute Gasteiger partial charge is 0.0340 e. The van der Waals surface area contributed by atoms with Crippen LogP contribution in [-0.4, -0.2) is 17.0 Å². The molecule has 0 heterocycles. The molecule has 0 unspecified atom stereocenters. The van der Waals surface area contributed by atoms with Gasteiger partial charge >= 0.3 is 0 Å². The first-order valence-electron chi connectivity index (χ1n) is 5.42. The zero-order chi connectivity index (χ0) is 11.3. The van der Waals surface area contributed by atoms with Crippen LogP contribution in [0.1, 0.15) is 26.3 Å². The molecule has 0 atom stereocenters. The summed E-state index contributed by atoms with van der Waals surface area (Å²) in [4.78, 5) is 0. The van der Waals surface area contributed by atoms with Crippen LogP contribution in [0.4, 0.5) is 5.69 Å². The molecule has 15 heavy (non-hydrogen) atoms. The molecule has 1 rings (SSSR count). The Labute approximate surface area is 97.7 Å². The zero-order valence-corrected chi connectivity index (χ0v) is 10.9. The van der Waals surface area contributed by atoms with E-state index in [9.17, 15) is 0 Å². The molecular formula is C13H21NS. The van der Waals surface area contributed by atoms with E-state index < -0.39 is 0 Å². The first kappa shape index (κ1) is 12.4. The van der Waals surface area contributed by atoms with Crippen molar-refractivity contribution >= 4 is 17.4 Å². The standard InChI is InChI=1S/C13H21NS/c1-11-5-7-12(8-6-11)14-9-10-15-13(2,3)4/h5-8,14H,9-10H2,1-4H3. The van der Waals surface area contributed by atoms with Crippen LogP contribution in [-0.2, 0) is 0 Å². The molecule has 0 aromatic heterocycles. The van der Waals surface area contributed by atoms with Crippen molar-refractivity contribution in [2.45, 2.75) is 32.4 Å². The van der Waals surface area contributed by atoms with Crippen molar-refractivity contribution in [2.75, 3.05) is 17.6 Å². The fourth-order valence-corrected chi connectivity index (χ4v) is 2.04. The summed E-state index contributed by atoms with van der Waals surface area (Å²) < 4.78 is 0.370. The Morgan fingerprint density at radius 3 is 2.27 bits per heavy atom. The van der Waals surface area contributed by atoms with Gasteiger partial charge in [-0.15, -0.1) is 0 Å². The lowest BCUT2D eigenvalue weighted by molar-refractivity contribution is 0.802. The third-order valence-electron chi connectivity index (χ3n) is 2.02. The van der Waals surface area contributed by atoms with Crippen LogP contribution in [0.3, 0.4) is 0 Å². The maximum absolute atomic E-state index is 3.42. The van der Waals surface area contributed by atoms with Crippen LogP contribution in [0, 0.1) is 6.92 Å². The SMILES string of the molecule is Cc1ccc(NCCSC(C)(C)C)cc1. The maximum Gasteiger partial charge on any atom is 0.0340 e. The van der Waals surface area contributed by atoms with E-state index in [1.807, 2.05) is 11.8 Å². The van der Waals surface area contributed by atoms with E-state index in [0.717, 1.165) is 12.3 Å². The Morgan fingerprint density at radius 2 is 1.73 bits per heavy atom. The number of aryl methyl sites for hydroxylation is 1. The van der Waals surface area contributed by atoms with Crippen LogP contribution in [0.15, 0.2) is 24.3 Å². The summed E-state index contributed by atoms with van der Waals surface area (Å²) in [7, 11) is 0. The molecule has 0 aliphatic heterocycles. The van der Waals surface area contributed by atoms with E-state index in [4.69, 9.17) is 0 Å². The van der Waals surface area contributed by atoms with Crippen LogP contribution < -0.4 is 5.32 Å². The van der Waals surface area contributed by atoms with Gasteiger partial charge in [-0.3, -0.25) is 0 Å². The highest BCUT2D eigenvalue weighted by Crippen LogP contribution is 2.22. The van der Waals surface area contributed by atoms with Crippen molar-refractivity contribution in [1.29, 1.82) is 0 Å². The lowest BCUT2D eigenvalue weighted by Gasteiger charge is -2.17. The second kappa shape index (κ2) is 5.45.